The van der Waals surface area contributed by atoms with E-state index in [0.717, 1.165) is 23.6 Å². The summed E-state index contributed by atoms with van der Waals surface area (Å²) in [5.41, 5.74) is 7.77. The van der Waals surface area contributed by atoms with Crippen molar-refractivity contribution >= 4 is 28.5 Å². The largest absolute Gasteiger partial charge is 0.391 e. The van der Waals surface area contributed by atoms with Crippen molar-refractivity contribution in [2.45, 2.75) is 25.9 Å². The van der Waals surface area contributed by atoms with Gasteiger partial charge in [-0.1, -0.05) is 26.1 Å². The molecule has 1 saturated heterocycles. The van der Waals surface area contributed by atoms with E-state index < -0.39 is 0 Å². The molecule has 0 spiro atoms. The topological polar surface area (TPSA) is 68.7 Å². The summed E-state index contributed by atoms with van der Waals surface area (Å²) in [6, 6.07) is 2.10. The second-order valence-corrected chi connectivity index (χ2v) is 5.98. The molecule has 0 radical (unpaired) electrons. The van der Waals surface area contributed by atoms with E-state index >= 15 is 0 Å². The fraction of sp³-hybridized carbons (Fsp3) is 0.500. The lowest BCUT2D eigenvalue weighted by Crippen LogP contribution is -2.48. The van der Waals surface area contributed by atoms with Crippen LogP contribution in [0, 0.1) is 0 Å². The minimum absolute atomic E-state index is 0.219. The average molecular weight is 305 g/mol. The number of ether oxygens (including phenoxy) is 1. The molecule has 1 unspecified atom stereocenters. The molecule has 0 aromatic carbocycles. The van der Waals surface area contributed by atoms with Gasteiger partial charge in [-0.15, -0.1) is 0 Å². The number of nitrogens with zero attached hydrogens (tertiary/aromatic N) is 4. The number of nitrogens with two attached hydrogens (primary N) is 1. The molecule has 1 aliphatic rings. The summed E-state index contributed by atoms with van der Waals surface area (Å²) in [4.78, 5) is 7.08. The molecule has 1 fully saturated rings. The minimum atomic E-state index is -0.219. The van der Waals surface area contributed by atoms with Gasteiger partial charge in [0.05, 0.1) is 18.8 Å². The molecule has 0 bridgehead atoms. The van der Waals surface area contributed by atoms with Crippen LogP contribution in [0.2, 0.25) is 0 Å². The van der Waals surface area contributed by atoms with Gasteiger partial charge in [0.15, 0.2) is 5.82 Å². The summed E-state index contributed by atoms with van der Waals surface area (Å²) < 4.78 is 7.47. The average Bonchev–Trinajstić information content (AvgIpc) is 2.91. The molecule has 2 N–H and O–H groups in total. The van der Waals surface area contributed by atoms with Gasteiger partial charge >= 0.3 is 0 Å². The van der Waals surface area contributed by atoms with Crippen LogP contribution in [0.5, 0.6) is 0 Å². The number of aromatic nitrogens is 3. The number of morpholine rings is 1. The lowest BCUT2D eigenvalue weighted by molar-refractivity contribution is 0.0845. The van der Waals surface area contributed by atoms with Crippen LogP contribution in [0.4, 0.5) is 5.82 Å². The van der Waals surface area contributed by atoms with E-state index in [4.69, 9.17) is 22.7 Å². The molecule has 1 aliphatic heterocycles. The van der Waals surface area contributed by atoms with Crippen molar-refractivity contribution in [1.82, 2.24) is 14.6 Å². The summed E-state index contributed by atoms with van der Waals surface area (Å²) in [6.45, 7) is 6.26. The van der Waals surface area contributed by atoms with E-state index in [9.17, 15) is 0 Å². The number of anilines is 1. The van der Waals surface area contributed by atoms with Gasteiger partial charge in [-0.2, -0.15) is 5.10 Å². The summed E-state index contributed by atoms with van der Waals surface area (Å²) in [5.74, 6) is 1.29. The van der Waals surface area contributed by atoms with Crippen molar-refractivity contribution < 1.29 is 4.74 Å². The Bertz CT molecular complexity index is 668. The smallest absolute Gasteiger partial charge is 0.154 e. The fourth-order valence-corrected chi connectivity index (χ4v) is 2.61. The summed E-state index contributed by atoms with van der Waals surface area (Å²) in [6.07, 6.45) is 3.42. The third kappa shape index (κ3) is 2.71. The van der Waals surface area contributed by atoms with Gasteiger partial charge in [0.1, 0.15) is 16.6 Å². The Balaban J connectivity index is 1.97. The standard InChI is InChI=1S/C14H19N5OS/c1-9(2)10-7-11-14(16-3-4-19(11)17-10)18-5-6-20-12(8-18)13(15)21/h3-4,7,9,12H,5-6,8H2,1-2H3,(H2,15,21). The lowest BCUT2D eigenvalue weighted by atomic mass is 10.1. The molecule has 3 rings (SSSR count). The van der Waals surface area contributed by atoms with Crippen LogP contribution in [0.15, 0.2) is 18.5 Å². The van der Waals surface area contributed by atoms with Crippen LogP contribution in [0.3, 0.4) is 0 Å². The maximum Gasteiger partial charge on any atom is 0.154 e. The fourth-order valence-electron chi connectivity index (χ4n) is 2.47. The molecular weight excluding hydrogens is 286 g/mol. The molecule has 2 aromatic heterocycles. The van der Waals surface area contributed by atoms with Crippen molar-refractivity contribution in [3.63, 3.8) is 0 Å². The monoisotopic (exact) mass is 305 g/mol. The SMILES string of the molecule is CC(C)c1cc2c(N3CCOC(C(N)=S)C3)nccn2n1. The zero-order valence-corrected chi connectivity index (χ0v) is 13.0. The Labute approximate surface area is 128 Å². The third-order valence-corrected chi connectivity index (χ3v) is 3.93. The quantitative estimate of drug-likeness (QED) is 0.863. The highest BCUT2D eigenvalue weighted by molar-refractivity contribution is 7.80. The second kappa shape index (κ2) is 5.57. The highest BCUT2D eigenvalue weighted by Gasteiger charge is 2.25. The molecule has 21 heavy (non-hydrogen) atoms. The molecule has 0 saturated carbocycles. The first-order valence-electron chi connectivity index (χ1n) is 7.06. The molecule has 112 valence electrons. The van der Waals surface area contributed by atoms with Gasteiger partial charge < -0.3 is 15.4 Å². The predicted molar refractivity (Wildman–Crippen MR) is 85.8 cm³/mol. The number of hydrogen-bond donors (Lipinski definition) is 1. The van der Waals surface area contributed by atoms with Gasteiger partial charge in [-0.3, -0.25) is 0 Å². The third-order valence-electron chi connectivity index (χ3n) is 3.66. The molecule has 0 amide bonds. The first-order chi connectivity index (χ1) is 10.1. The lowest BCUT2D eigenvalue weighted by Gasteiger charge is -2.33. The summed E-state index contributed by atoms with van der Waals surface area (Å²) in [7, 11) is 0. The van der Waals surface area contributed by atoms with Gasteiger partial charge in [0.25, 0.3) is 0 Å². The van der Waals surface area contributed by atoms with E-state index in [1.165, 1.54) is 0 Å². The highest BCUT2D eigenvalue weighted by Crippen LogP contribution is 2.24. The summed E-state index contributed by atoms with van der Waals surface area (Å²) >= 11 is 5.04. The van der Waals surface area contributed by atoms with E-state index in [2.05, 4.69) is 34.9 Å². The van der Waals surface area contributed by atoms with Crippen molar-refractivity contribution in [3.05, 3.63) is 24.2 Å². The number of rotatable bonds is 3. The van der Waals surface area contributed by atoms with Gasteiger partial charge in [-0.25, -0.2) is 9.50 Å². The maximum atomic E-state index is 5.71. The van der Waals surface area contributed by atoms with Crippen LogP contribution in [-0.4, -0.2) is 45.4 Å². The minimum Gasteiger partial charge on any atom is -0.391 e. The Hall–Kier alpha value is -1.73. The highest BCUT2D eigenvalue weighted by atomic mass is 32.1. The first-order valence-corrected chi connectivity index (χ1v) is 7.47. The van der Waals surface area contributed by atoms with Crippen molar-refractivity contribution in [1.29, 1.82) is 0 Å². The zero-order chi connectivity index (χ0) is 15.0. The van der Waals surface area contributed by atoms with Crippen molar-refractivity contribution in [2.75, 3.05) is 24.6 Å². The Kier molecular flexibility index (Phi) is 3.77. The summed E-state index contributed by atoms with van der Waals surface area (Å²) in [5, 5.41) is 4.59. The van der Waals surface area contributed by atoms with Crippen molar-refractivity contribution in [2.24, 2.45) is 5.73 Å². The number of hydrogen-bond acceptors (Lipinski definition) is 5. The molecular formula is C14H19N5OS. The normalized spacial score (nSPS) is 19.4. The van der Waals surface area contributed by atoms with Crippen LogP contribution in [-0.2, 0) is 4.74 Å². The van der Waals surface area contributed by atoms with Crippen LogP contribution >= 0.6 is 12.2 Å². The Morgan fingerprint density at radius 1 is 1.52 bits per heavy atom. The maximum absolute atomic E-state index is 5.71. The van der Waals surface area contributed by atoms with Crippen molar-refractivity contribution in [3.8, 4) is 0 Å². The molecule has 6 nitrogen and oxygen atoms in total. The molecule has 3 heterocycles. The Morgan fingerprint density at radius 3 is 3.05 bits per heavy atom. The molecule has 0 aliphatic carbocycles. The van der Waals surface area contributed by atoms with E-state index in [1.807, 2.05) is 10.7 Å². The van der Waals surface area contributed by atoms with E-state index in [-0.39, 0.29) is 6.10 Å². The van der Waals surface area contributed by atoms with Crippen LogP contribution in [0.1, 0.15) is 25.5 Å². The second-order valence-electron chi connectivity index (χ2n) is 5.51. The molecule has 2 aromatic rings. The number of fused-ring (bicyclic) bond motifs is 1. The predicted octanol–water partition coefficient (Wildman–Crippen LogP) is 1.34. The Morgan fingerprint density at radius 2 is 2.33 bits per heavy atom. The van der Waals surface area contributed by atoms with E-state index in [1.54, 1.807) is 6.20 Å². The van der Waals surface area contributed by atoms with Crippen LogP contribution < -0.4 is 10.6 Å². The molecule has 7 heteroatoms. The van der Waals surface area contributed by atoms with Gasteiger partial charge in [0.2, 0.25) is 0 Å². The van der Waals surface area contributed by atoms with E-state index in [0.29, 0.717) is 24.1 Å². The zero-order valence-electron chi connectivity index (χ0n) is 12.2. The first kappa shape index (κ1) is 14.2. The molecule has 1 atom stereocenters. The van der Waals surface area contributed by atoms with Gasteiger partial charge in [0, 0.05) is 18.9 Å². The van der Waals surface area contributed by atoms with Crippen LogP contribution in [0.25, 0.3) is 5.52 Å². The number of thiocarbonyl (C=S) groups is 1. The van der Waals surface area contributed by atoms with Gasteiger partial charge in [-0.05, 0) is 12.0 Å².